The van der Waals surface area contributed by atoms with Crippen molar-refractivity contribution in [3.8, 4) is 0 Å². The van der Waals surface area contributed by atoms with Crippen LogP contribution < -0.4 is 0 Å². The Labute approximate surface area is 142 Å². The topological polar surface area (TPSA) is 34.1 Å². The maximum atomic E-state index is 13.1. The van der Waals surface area contributed by atoms with E-state index in [-0.39, 0.29) is 11.2 Å². The molecule has 1 aliphatic rings. The van der Waals surface area contributed by atoms with Gasteiger partial charge < -0.3 is 0 Å². The molecule has 0 spiro atoms. The lowest BCUT2D eigenvalue weighted by atomic mass is 9.86. The van der Waals surface area contributed by atoms with Crippen molar-refractivity contribution in [2.75, 3.05) is 0 Å². The van der Waals surface area contributed by atoms with Gasteiger partial charge in [-0.3, -0.25) is 0 Å². The van der Waals surface area contributed by atoms with E-state index in [0.717, 1.165) is 31.7 Å². The second kappa shape index (κ2) is 7.80. The van der Waals surface area contributed by atoms with Gasteiger partial charge in [-0.2, -0.15) is 0 Å². The number of allylic oxidation sites excluding steroid dienone is 1. The number of benzene rings is 1. The summed E-state index contributed by atoms with van der Waals surface area (Å²) in [4.78, 5) is 0.466. The van der Waals surface area contributed by atoms with Crippen molar-refractivity contribution in [1.82, 2.24) is 0 Å². The van der Waals surface area contributed by atoms with Crippen LogP contribution in [0.3, 0.4) is 0 Å². The van der Waals surface area contributed by atoms with Crippen LogP contribution in [0.25, 0.3) is 0 Å². The molecule has 1 aromatic rings. The summed E-state index contributed by atoms with van der Waals surface area (Å²) >= 11 is 0. The van der Waals surface area contributed by atoms with Gasteiger partial charge in [0.1, 0.15) is 0 Å². The summed E-state index contributed by atoms with van der Waals surface area (Å²) in [5.41, 5.74) is 0. The van der Waals surface area contributed by atoms with Crippen molar-refractivity contribution in [1.29, 1.82) is 0 Å². The first-order valence-corrected chi connectivity index (χ1v) is 14.0. The van der Waals surface area contributed by atoms with E-state index in [9.17, 15) is 8.42 Å². The predicted octanol–water partition coefficient (Wildman–Crippen LogP) is 5.30. The average molecular weight is 351 g/mol. The normalized spacial score (nSPS) is 19.1. The van der Waals surface area contributed by atoms with Gasteiger partial charge >= 0.3 is 0 Å². The maximum absolute atomic E-state index is 13.1. The number of sulfone groups is 1. The van der Waals surface area contributed by atoms with Crippen LogP contribution in [0.5, 0.6) is 0 Å². The molecule has 1 fully saturated rings. The molecule has 1 aromatic carbocycles. The molecule has 1 unspecified atom stereocenters. The van der Waals surface area contributed by atoms with Crippen LogP contribution in [0.2, 0.25) is 25.7 Å². The highest BCUT2D eigenvalue weighted by atomic mass is 32.2. The Morgan fingerprint density at radius 2 is 1.70 bits per heavy atom. The fraction of sp³-hybridized carbons (Fsp3) is 0.579. The minimum atomic E-state index is -3.29. The Morgan fingerprint density at radius 3 is 2.26 bits per heavy atom. The Hall–Kier alpha value is -0.873. The molecule has 2 rings (SSSR count). The fourth-order valence-electron chi connectivity index (χ4n) is 3.30. The highest BCUT2D eigenvalue weighted by molar-refractivity contribution is 7.92. The van der Waals surface area contributed by atoms with Gasteiger partial charge in [0.25, 0.3) is 0 Å². The van der Waals surface area contributed by atoms with Crippen LogP contribution in [-0.2, 0) is 9.84 Å². The van der Waals surface area contributed by atoms with E-state index in [1.165, 1.54) is 6.42 Å². The molecular weight excluding hydrogens is 320 g/mol. The summed E-state index contributed by atoms with van der Waals surface area (Å²) in [7, 11) is -4.48. The molecule has 0 N–H and O–H groups in total. The summed E-state index contributed by atoms with van der Waals surface area (Å²) in [6.07, 6.45) is 9.79. The number of hydrogen-bond donors (Lipinski definition) is 0. The zero-order valence-corrected chi connectivity index (χ0v) is 16.5. The molecule has 0 saturated heterocycles. The highest BCUT2D eigenvalue weighted by Crippen LogP contribution is 2.33. The average Bonchev–Trinajstić information content (AvgIpc) is 2.52. The van der Waals surface area contributed by atoms with Crippen LogP contribution in [0, 0.1) is 5.92 Å². The van der Waals surface area contributed by atoms with Crippen LogP contribution in [0.4, 0.5) is 0 Å². The molecule has 0 aliphatic heterocycles. The zero-order valence-electron chi connectivity index (χ0n) is 14.7. The van der Waals surface area contributed by atoms with E-state index in [2.05, 4.69) is 25.7 Å². The second-order valence-corrected chi connectivity index (χ2v) is 15.5. The Bertz CT molecular complexity index is 609. The van der Waals surface area contributed by atoms with Gasteiger partial charge in [-0.25, -0.2) is 8.42 Å². The van der Waals surface area contributed by atoms with Gasteiger partial charge in [0.05, 0.1) is 10.1 Å². The van der Waals surface area contributed by atoms with Crippen molar-refractivity contribution < 1.29 is 8.42 Å². The van der Waals surface area contributed by atoms with Gasteiger partial charge in [0.15, 0.2) is 9.84 Å². The third kappa shape index (κ3) is 5.32. The summed E-state index contributed by atoms with van der Waals surface area (Å²) < 4.78 is 26.3. The summed E-state index contributed by atoms with van der Waals surface area (Å²) in [6.45, 7) is 6.95. The zero-order chi connectivity index (χ0) is 16.9. The van der Waals surface area contributed by atoms with E-state index >= 15 is 0 Å². The molecule has 128 valence electrons. The highest BCUT2D eigenvalue weighted by Gasteiger charge is 2.33. The molecule has 4 heteroatoms. The number of rotatable bonds is 6. The molecule has 0 heterocycles. The summed E-state index contributed by atoms with van der Waals surface area (Å²) in [5, 5.41) is -0.360. The first-order valence-electron chi connectivity index (χ1n) is 8.76. The van der Waals surface area contributed by atoms with E-state index in [1.54, 1.807) is 12.1 Å². The monoisotopic (exact) mass is 350 g/mol. The Kier molecular flexibility index (Phi) is 6.26. The first-order chi connectivity index (χ1) is 10.8. The lowest BCUT2D eigenvalue weighted by molar-refractivity contribution is 0.360. The van der Waals surface area contributed by atoms with Crippen LogP contribution in [0.15, 0.2) is 47.4 Å². The van der Waals surface area contributed by atoms with Crippen LogP contribution in [0.1, 0.15) is 32.1 Å². The van der Waals surface area contributed by atoms with Crippen molar-refractivity contribution in [3.63, 3.8) is 0 Å². The first kappa shape index (κ1) is 18.5. The van der Waals surface area contributed by atoms with Crippen LogP contribution in [-0.4, -0.2) is 21.7 Å². The Balaban J connectivity index is 2.29. The predicted molar refractivity (Wildman–Crippen MR) is 101 cm³/mol. The van der Waals surface area contributed by atoms with Gasteiger partial charge in [0, 0.05) is 8.07 Å². The third-order valence-corrected chi connectivity index (χ3v) is 8.25. The fourth-order valence-corrected chi connectivity index (χ4v) is 6.09. The van der Waals surface area contributed by atoms with Gasteiger partial charge in [0.2, 0.25) is 0 Å². The van der Waals surface area contributed by atoms with Crippen molar-refractivity contribution >= 4 is 17.9 Å². The summed E-state index contributed by atoms with van der Waals surface area (Å²) in [6, 6.07) is 10.0. The minimum absolute atomic E-state index is 0.270. The van der Waals surface area contributed by atoms with Crippen LogP contribution >= 0.6 is 0 Å². The molecule has 23 heavy (non-hydrogen) atoms. The lowest BCUT2D eigenvalue weighted by Gasteiger charge is -2.28. The molecule has 0 aromatic heterocycles. The molecule has 1 aliphatic carbocycles. The summed E-state index contributed by atoms with van der Waals surface area (Å²) in [5.74, 6) is 0.270. The minimum Gasteiger partial charge on any atom is -0.223 e. The van der Waals surface area contributed by atoms with E-state index in [0.29, 0.717) is 4.90 Å². The molecule has 0 bridgehead atoms. The van der Waals surface area contributed by atoms with Crippen molar-refractivity contribution in [3.05, 3.63) is 42.5 Å². The Morgan fingerprint density at radius 1 is 1.09 bits per heavy atom. The van der Waals surface area contributed by atoms with Crippen molar-refractivity contribution in [2.45, 2.75) is 67.9 Å². The van der Waals surface area contributed by atoms with Gasteiger partial charge in [-0.1, -0.05) is 69.3 Å². The largest absolute Gasteiger partial charge is 0.223 e. The number of hydrogen-bond acceptors (Lipinski definition) is 2. The SMILES string of the molecule is C[Si](C)(C)C/C=C/C(C1CCCCC1)S(=O)(=O)c1ccccc1. The van der Waals surface area contributed by atoms with E-state index in [4.69, 9.17) is 0 Å². The second-order valence-electron chi connectivity index (χ2n) is 7.91. The molecule has 0 radical (unpaired) electrons. The van der Waals surface area contributed by atoms with Gasteiger partial charge in [-0.15, -0.1) is 0 Å². The van der Waals surface area contributed by atoms with E-state index in [1.807, 2.05) is 24.3 Å². The quantitative estimate of drug-likeness (QED) is 0.515. The molecule has 1 saturated carbocycles. The smallest absolute Gasteiger partial charge is 0.185 e. The molecule has 2 nitrogen and oxygen atoms in total. The molecular formula is C19H30O2SSi. The van der Waals surface area contributed by atoms with Crippen molar-refractivity contribution in [2.24, 2.45) is 5.92 Å². The van der Waals surface area contributed by atoms with Gasteiger partial charge in [-0.05, 0) is 36.9 Å². The van der Waals surface area contributed by atoms with E-state index < -0.39 is 17.9 Å². The maximum Gasteiger partial charge on any atom is 0.185 e. The third-order valence-electron chi connectivity index (χ3n) is 4.60. The lowest BCUT2D eigenvalue weighted by Crippen LogP contribution is -2.30. The molecule has 1 atom stereocenters. The standard InChI is InChI=1S/C19H30O2SSi/c1-23(2,3)16-10-15-19(17-11-6-4-7-12-17)22(20,21)18-13-8-5-9-14-18/h5,8-10,13-15,17,19H,4,6-7,11-12,16H2,1-3H3/b15-10+. The molecule has 0 amide bonds.